The van der Waals surface area contributed by atoms with E-state index in [4.69, 9.17) is 4.74 Å². The second kappa shape index (κ2) is 10.8. The Morgan fingerprint density at radius 1 is 1.17 bits per heavy atom. The maximum atomic E-state index is 13.7. The topological polar surface area (TPSA) is 79.8 Å². The van der Waals surface area contributed by atoms with Crippen LogP contribution in [0.1, 0.15) is 56.6 Å². The highest BCUT2D eigenvalue weighted by molar-refractivity contribution is 7.17. The van der Waals surface area contributed by atoms with Crippen molar-refractivity contribution in [1.29, 1.82) is 0 Å². The molecule has 1 fully saturated rings. The summed E-state index contributed by atoms with van der Waals surface area (Å²) >= 11 is 1.08. The van der Waals surface area contributed by atoms with Gasteiger partial charge in [-0.3, -0.25) is 14.5 Å². The number of benzene rings is 2. The van der Waals surface area contributed by atoms with Crippen LogP contribution in [0, 0.1) is 12.7 Å². The van der Waals surface area contributed by atoms with Gasteiger partial charge < -0.3 is 9.64 Å². The highest BCUT2D eigenvalue weighted by Crippen LogP contribution is 2.30. The summed E-state index contributed by atoms with van der Waals surface area (Å²) in [6, 6.07) is 13.1. The Morgan fingerprint density at radius 2 is 1.94 bits per heavy atom. The lowest BCUT2D eigenvalue weighted by Gasteiger charge is -2.21. The Balaban J connectivity index is 1.66. The van der Waals surface area contributed by atoms with Crippen molar-refractivity contribution in [1.82, 2.24) is 9.88 Å². The third-order valence-corrected chi connectivity index (χ3v) is 6.86. The minimum Gasteiger partial charge on any atom is -0.462 e. The quantitative estimate of drug-likeness (QED) is 0.422. The lowest BCUT2D eigenvalue weighted by atomic mass is 10.1. The number of nitrogens with zero attached hydrogens (tertiary/aromatic N) is 3. The SMILES string of the molecule is CCOC(=O)c1sc(N(Cc2ccc(F)cc2)C(=O)c2cccc(CN3CCCC3=O)c2)nc1C. The highest BCUT2D eigenvalue weighted by Gasteiger charge is 2.26. The molecule has 0 spiro atoms. The molecule has 0 unspecified atom stereocenters. The van der Waals surface area contributed by atoms with Gasteiger partial charge in [-0.1, -0.05) is 35.6 Å². The predicted octanol–water partition coefficient (Wildman–Crippen LogP) is 4.74. The number of likely N-dealkylation sites (tertiary alicyclic amines) is 1. The molecule has 182 valence electrons. The minimum atomic E-state index is -0.486. The minimum absolute atomic E-state index is 0.115. The standard InChI is InChI=1S/C26H26FN3O4S/c1-3-34-25(33)23-17(2)28-26(35-23)30(16-18-9-11-21(27)12-10-18)24(32)20-7-4-6-19(14-20)15-29-13-5-8-22(29)31/h4,6-7,9-12,14H,3,5,8,13,15-16H2,1-2H3. The van der Waals surface area contributed by atoms with Gasteiger partial charge in [0.15, 0.2) is 5.13 Å². The first-order valence-corrected chi connectivity index (χ1v) is 12.2. The zero-order valence-corrected chi connectivity index (χ0v) is 20.4. The number of ether oxygens (including phenoxy) is 1. The number of carbonyl (C=O) groups is 3. The Hall–Kier alpha value is -3.59. The summed E-state index contributed by atoms with van der Waals surface area (Å²) in [5, 5.41) is 0.347. The lowest BCUT2D eigenvalue weighted by Crippen LogP contribution is -2.30. The summed E-state index contributed by atoms with van der Waals surface area (Å²) in [6.07, 6.45) is 1.39. The van der Waals surface area contributed by atoms with Gasteiger partial charge in [-0.2, -0.15) is 0 Å². The van der Waals surface area contributed by atoms with Gasteiger partial charge in [0.25, 0.3) is 5.91 Å². The molecule has 1 aliphatic rings. The summed E-state index contributed by atoms with van der Waals surface area (Å²) in [7, 11) is 0. The van der Waals surface area contributed by atoms with Crippen LogP contribution in [0.25, 0.3) is 0 Å². The van der Waals surface area contributed by atoms with E-state index in [1.165, 1.54) is 17.0 Å². The molecule has 2 heterocycles. The van der Waals surface area contributed by atoms with Crippen LogP contribution in [0.5, 0.6) is 0 Å². The molecule has 0 radical (unpaired) electrons. The van der Waals surface area contributed by atoms with Crippen LogP contribution in [-0.2, 0) is 22.6 Å². The van der Waals surface area contributed by atoms with Gasteiger partial charge >= 0.3 is 5.97 Å². The van der Waals surface area contributed by atoms with Gasteiger partial charge in [0.2, 0.25) is 5.91 Å². The Bertz CT molecular complexity index is 1240. The van der Waals surface area contributed by atoms with E-state index in [2.05, 4.69) is 4.98 Å². The number of hydrogen-bond acceptors (Lipinski definition) is 6. The first kappa shape index (κ1) is 24.5. The van der Waals surface area contributed by atoms with Crippen molar-refractivity contribution in [3.63, 3.8) is 0 Å². The van der Waals surface area contributed by atoms with E-state index >= 15 is 0 Å². The molecule has 0 aliphatic carbocycles. The maximum absolute atomic E-state index is 13.7. The third-order valence-electron chi connectivity index (χ3n) is 5.69. The monoisotopic (exact) mass is 495 g/mol. The number of halogens is 1. The number of carbonyl (C=O) groups excluding carboxylic acids is 3. The highest BCUT2D eigenvalue weighted by atomic mass is 32.1. The molecule has 1 aromatic heterocycles. The van der Waals surface area contributed by atoms with Crippen LogP contribution < -0.4 is 4.90 Å². The van der Waals surface area contributed by atoms with E-state index in [1.54, 1.807) is 49.1 Å². The number of rotatable bonds is 8. The average Bonchev–Trinajstić information content (AvgIpc) is 3.43. The predicted molar refractivity (Wildman–Crippen MR) is 131 cm³/mol. The van der Waals surface area contributed by atoms with Gasteiger partial charge in [0.05, 0.1) is 18.8 Å². The number of anilines is 1. The van der Waals surface area contributed by atoms with Crippen molar-refractivity contribution in [2.24, 2.45) is 0 Å². The number of aryl methyl sites for hydroxylation is 1. The summed E-state index contributed by atoms with van der Waals surface area (Å²) in [5.41, 5.74) is 2.47. The van der Waals surface area contributed by atoms with E-state index in [9.17, 15) is 18.8 Å². The molecule has 0 N–H and O–H groups in total. The fourth-order valence-electron chi connectivity index (χ4n) is 3.93. The molecule has 2 amide bonds. The molecule has 0 saturated carbocycles. The van der Waals surface area contributed by atoms with E-state index in [-0.39, 0.29) is 30.8 Å². The summed E-state index contributed by atoms with van der Waals surface area (Å²) in [6.45, 7) is 4.95. The van der Waals surface area contributed by atoms with Crippen molar-refractivity contribution in [3.8, 4) is 0 Å². The van der Waals surface area contributed by atoms with Crippen molar-refractivity contribution < 1.29 is 23.5 Å². The average molecular weight is 496 g/mol. The van der Waals surface area contributed by atoms with Gasteiger partial charge in [0.1, 0.15) is 10.7 Å². The first-order chi connectivity index (χ1) is 16.9. The van der Waals surface area contributed by atoms with Gasteiger partial charge in [-0.15, -0.1) is 0 Å². The van der Waals surface area contributed by atoms with E-state index in [0.29, 0.717) is 46.3 Å². The second-order valence-electron chi connectivity index (χ2n) is 8.27. The summed E-state index contributed by atoms with van der Waals surface area (Å²) in [5.74, 6) is -1.05. The zero-order chi connectivity index (χ0) is 24.9. The number of amides is 2. The Labute approximate surface area is 207 Å². The molecular weight excluding hydrogens is 469 g/mol. The second-order valence-corrected chi connectivity index (χ2v) is 9.25. The van der Waals surface area contributed by atoms with Crippen molar-refractivity contribution in [3.05, 3.63) is 81.6 Å². The number of aromatic nitrogens is 1. The summed E-state index contributed by atoms with van der Waals surface area (Å²) in [4.78, 5) is 46.2. The third kappa shape index (κ3) is 5.74. The fraction of sp³-hybridized carbons (Fsp3) is 0.308. The molecule has 4 rings (SSSR count). The van der Waals surface area contributed by atoms with Crippen molar-refractivity contribution >= 4 is 34.3 Å². The molecule has 0 bridgehead atoms. The summed E-state index contributed by atoms with van der Waals surface area (Å²) < 4.78 is 18.6. The molecule has 1 saturated heterocycles. The molecule has 35 heavy (non-hydrogen) atoms. The van der Waals surface area contributed by atoms with Crippen LogP contribution in [-0.4, -0.2) is 40.8 Å². The number of hydrogen-bond donors (Lipinski definition) is 0. The number of thiazole rings is 1. The Kier molecular flexibility index (Phi) is 7.55. The lowest BCUT2D eigenvalue weighted by molar-refractivity contribution is -0.128. The zero-order valence-electron chi connectivity index (χ0n) is 19.6. The molecule has 7 nitrogen and oxygen atoms in total. The smallest absolute Gasteiger partial charge is 0.350 e. The molecular formula is C26H26FN3O4S. The van der Waals surface area contributed by atoms with Crippen LogP contribution in [0.3, 0.4) is 0 Å². The molecule has 0 atom stereocenters. The van der Waals surface area contributed by atoms with Crippen LogP contribution in [0.2, 0.25) is 0 Å². The van der Waals surface area contributed by atoms with Crippen molar-refractivity contribution in [2.75, 3.05) is 18.1 Å². The Morgan fingerprint density at radius 3 is 2.63 bits per heavy atom. The molecule has 2 aromatic carbocycles. The van der Waals surface area contributed by atoms with Gasteiger partial charge in [-0.05, 0) is 55.7 Å². The van der Waals surface area contributed by atoms with Crippen LogP contribution in [0.15, 0.2) is 48.5 Å². The van der Waals surface area contributed by atoms with Gasteiger partial charge in [0, 0.05) is 25.1 Å². The largest absolute Gasteiger partial charge is 0.462 e. The van der Waals surface area contributed by atoms with E-state index < -0.39 is 5.97 Å². The van der Waals surface area contributed by atoms with E-state index in [1.807, 2.05) is 6.07 Å². The molecule has 9 heteroatoms. The first-order valence-electron chi connectivity index (χ1n) is 11.4. The van der Waals surface area contributed by atoms with E-state index in [0.717, 1.165) is 23.3 Å². The van der Waals surface area contributed by atoms with Gasteiger partial charge in [-0.25, -0.2) is 14.2 Å². The maximum Gasteiger partial charge on any atom is 0.350 e. The molecule has 3 aromatic rings. The number of esters is 1. The fourth-order valence-corrected chi connectivity index (χ4v) is 4.89. The molecule has 1 aliphatic heterocycles. The van der Waals surface area contributed by atoms with Crippen LogP contribution in [0.4, 0.5) is 9.52 Å². The normalized spacial score (nSPS) is 13.2. The van der Waals surface area contributed by atoms with Crippen molar-refractivity contribution in [2.45, 2.75) is 39.8 Å². The van der Waals surface area contributed by atoms with Crippen LogP contribution >= 0.6 is 11.3 Å².